The van der Waals surface area contributed by atoms with E-state index in [2.05, 4.69) is 16.2 Å². The summed E-state index contributed by atoms with van der Waals surface area (Å²) in [7, 11) is 1.64. The van der Waals surface area contributed by atoms with Crippen molar-refractivity contribution < 1.29 is 19.4 Å². The smallest absolute Gasteiger partial charge is 0.162 e. The number of Topliss-reactive ketones (excluding diaryl/α,β-unsaturated/α-hetero) is 1. The number of hydrogen-bond donors (Lipinski definition) is 2. The summed E-state index contributed by atoms with van der Waals surface area (Å²) in [5.41, 5.74) is 1.65. The average molecular weight is 459 g/mol. The van der Waals surface area contributed by atoms with Crippen molar-refractivity contribution in [1.82, 2.24) is 4.98 Å². The first-order chi connectivity index (χ1) is 16.6. The maximum atomic E-state index is 12.2. The second-order valence-electron chi connectivity index (χ2n) is 8.62. The topological polar surface area (TPSA) is 80.7 Å². The van der Waals surface area contributed by atoms with E-state index in [1.165, 1.54) is 0 Å². The van der Waals surface area contributed by atoms with Gasteiger partial charge in [0.25, 0.3) is 0 Å². The fourth-order valence-electron chi connectivity index (χ4n) is 4.56. The Balaban J connectivity index is 1.58. The van der Waals surface area contributed by atoms with E-state index in [-0.39, 0.29) is 30.8 Å². The van der Waals surface area contributed by atoms with Gasteiger partial charge in [0.1, 0.15) is 11.6 Å². The van der Waals surface area contributed by atoms with Crippen molar-refractivity contribution in [2.24, 2.45) is 5.92 Å². The molecule has 0 bridgehead atoms. The number of terminal acetylenes is 1. The molecule has 1 heterocycles. The Hall–Kier alpha value is -3.56. The zero-order valence-corrected chi connectivity index (χ0v) is 19.4. The van der Waals surface area contributed by atoms with Crippen molar-refractivity contribution >= 4 is 28.1 Å². The molecule has 3 aromatic rings. The standard InChI is InChI=1S/C28H30N2O4/c1-3-19-6-4-8-22(16-19)30-28-24-18-27(26(33-2)17-21(24)12-14-29-28)34-23-9-5-7-20(10-11-23)25(32)13-15-31/h1,4,6,8,12,14,16-18,20,23,31H,5,7,9-11,13,15H2,2H3,(H,29,30). The van der Waals surface area contributed by atoms with E-state index in [1.807, 2.05) is 42.5 Å². The van der Waals surface area contributed by atoms with Crippen molar-refractivity contribution in [3.8, 4) is 23.8 Å². The minimum absolute atomic E-state index is 0.00123. The molecule has 6 nitrogen and oxygen atoms in total. The number of nitrogens with zero attached hydrogens (tertiary/aromatic N) is 1. The third-order valence-electron chi connectivity index (χ3n) is 6.36. The van der Waals surface area contributed by atoms with Gasteiger partial charge in [-0.15, -0.1) is 6.42 Å². The number of benzene rings is 2. The maximum absolute atomic E-state index is 12.2. The molecule has 0 spiro atoms. The molecule has 2 aromatic carbocycles. The quantitative estimate of drug-likeness (QED) is 0.355. The van der Waals surface area contributed by atoms with Crippen LogP contribution in [-0.2, 0) is 4.79 Å². The number of hydrogen-bond acceptors (Lipinski definition) is 6. The molecule has 4 rings (SSSR count). The lowest BCUT2D eigenvalue weighted by molar-refractivity contribution is -0.123. The van der Waals surface area contributed by atoms with Crippen LogP contribution in [0.1, 0.15) is 44.1 Å². The molecule has 1 aliphatic carbocycles. The number of ketones is 1. The number of ether oxygens (including phenoxy) is 2. The molecule has 0 radical (unpaired) electrons. The Morgan fingerprint density at radius 1 is 1.18 bits per heavy atom. The van der Waals surface area contributed by atoms with Crippen LogP contribution >= 0.6 is 0 Å². The molecular weight excluding hydrogens is 428 g/mol. The van der Waals surface area contributed by atoms with Gasteiger partial charge in [-0.05, 0) is 73.9 Å². The zero-order chi connectivity index (χ0) is 23.9. The van der Waals surface area contributed by atoms with Crippen molar-refractivity contribution in [3.05, 3.63) is 54.2 Å². The van der Waals surface area contributed by atoms with Crippen LogP contribution in [0.25, 0.3) is 10.8 Å². The molecule has 2 atom stereocenters. The van der Waals surface area contributed by atoms with Crippen LogP contribution in [0.2, 0.25) is 0 Å². The molecule has 0 aliphatic heterocycles. The Bertz CT molecular complexity index is 1200. The van der Waals surface area contributed by atoms with Crippen LogP contribution < -0.4 is 14.8 Å². The van der Waals surface area contributed by atoms with Gasteiger partial charge >= 0.3 is 0 Å². The highest BCUT2D eigenvalue weighted by molar-refractivity contribution is 5.95. The molecule has 2 unspecified atom stereocenters. The lowest BCUT2D eigenvalue weighted by Gasteiger charge is -2.20. The largest absolute Gasteiger partial charge is 0.493 e. The highest BCUT2D eigenvalue weighted by Crippen LogP contribution is 2.38. The van der Waals surface area contributed by atoms with Gasteiger partial charge in [0, 0.05) is 41.8 Å². The average Bonchev–Trinajstić information content (AvgIpc) is 3.10. The van der Waals surface area contributed by atoms with Gasteiger partial charge in [-0.1, -0.05) is 12.0 Å². The molecule has 34 heavy (non-hydrogen) atoms. The van der Waals surface area contributed by atoms with Gasteiger partial charge in [0.2, 0.25) is 0 Å². The molecule has 1 aliphatic rings. The lowest BCUT2D eigenvalue weighted by Crippen LogP contribution is -2.18. The summed E-state index contributed by atoms with van der Waals surface area (Å²) in [5, 5.41) is 14.3. The number of pyridine rings is 1. The van der Waals surface area contributed by atoms with Crippen molar-refractivity contribution in [2.75, 3.05) is 19.0 Å². The van der Waals surface area contributed by atoms with Gasteiger partial charge < -0.3 is 19.9 Å². The highest BCUT2D eigenvalue weighted by atomic mass is 16.5. The number of fused-ring (bicyclic) bond motifs is 1. The van der Waals surface area contributed by atoms with Crippen LogP contribution in [-0.4, -0.2) is 35.7 Å². The number of carbonyl (C=O) groups is 1. The second-order valence-corrected chi connectivity index (χ2v) is 8.62. The summed E-state index contributed by atoms with van der Waals surface area (Å²) in [6, 6.07) is 13.5. The fourth-order valence-corrected chi connectivity index (χ4v) is 4.56. The monoisotopic (exact) mass is 458 g/mol. The molecular formula is C28H30N2O4. The zero-order valence-electron chi connectivity index (χ0n) is 19.4. The molecule has 1 saturated carbocycles. The number of nitrogens with one attached hydrogen (secondary N) is 1. The third kappa shape index (κ3) is 5.49. The molecule has 1 aromatic heterocycles. The van der Waals surface area contributed by atoms with Crippen LogP contribution in [0.3, 0.4) is 0 Å². The molecule has 6 heteroatoms. The highest BCUT2D eigenvalue weighted by Gasteiger charge is 2.25. The molecule has 0 saturated heterocycles. The predicted octanol–water partition coefficient (Wildman–Crippen LogP) is 5.25. The van der Waals surface area contributed by atoms with Crippen LogP contribution in [0, 0.1) is 18.3 Å². The first kappa shape index (κ1) is 23.6. The SMILES string of the molecule is C#Cc1cccc(Nc2nccc3cc(OC)c(OC4CCCC(C(=O)CCO)CC4)cc23)c1. The van der Waals surface area contributed by atoms with Crippen LogP contribution in [0.15, 0.2) is 48.7 Å². The number of carbonyl (C=O) groups excluding carboxylic acids is 1. The van der Waals surface area contributed by atoms with E-state index >= 15 is 0 Å². The fraction of sp³-hybridized carbons (Fsp3) is 0.357. The summed E-state index contributed by atoms with van der Waals surface area (Å²) >= 11 is 0. The Kier molecular flexibility index (Phi) is 7.66. The van der Waals surface area contributed by atoms with Crippen molar-refractivity contribution in [2.45, 2.75) is 44.6 Å². The van der Waals surface area contributed by atoms with E-state index in [1.54, 1.807) is 13.3 Å². The van der Waals surface area contributed by atoms with E-state index in [4.69, 9.17) is 21.0 Å². The lowest BCUT2D eigenvalue weighted by atomic mass is 9.94. The summed E-state index contributed by atoms with van der Waals surface area (Å²) < 4.78 is 12.1. The van der Waals surface area contributed by atoms with E-state index in [0.717, 1.165) is 54.1 Å². The van der Waals surface area contributed by atoms with Gasteiger partial charge in [-0.3, -0.25) is 4.79 Å². The van der Waals surface area contributed by atoms with E-state index < -0.39 is 0 Å². The first-order valence-electron chi connectivity index (χ1n) is 11.7. The van der Waals surface area contributed by atoms with E-state index in [0.29, 0.717) is 17.3 Å². The Morgan fingerprint density at radius 3 is 2.85 bits per heavy atom. The molecule has 176 valence electrons. The maximum Gasteiger partial charge on any atom is 0.162 e. The predicted molar refractivity (Wildman–Crippen MR) is 134 cm³/mol. The van der Waals surface area contributed by atoms with Crippen molar-refractivity contribution in [1.29, 1.82) is 0 Å². The third-order valence-corrected chi connectivity index (χ3v) is 6.36. The number of aliphatic hydroxyl groups is 1. The second kappa shape index (κ2) is 11.0. The summed E-state index contributed by atoms with van der Waals surface area (Å²) in [5.74, 6) is 4.85. The van der Waals surface area contributed by atoms with Crippen LogP contribution in [0.4, 0.5) is 11.5 Å². The Labute approximate surface area is 200 Å². The number of aromatic nitrogens is 1. The van der Waals surface area contributed by atoms with Crippen LogP contribution in [0.5, 0.6) is 11.5 Å². The summed E-state index contributed by atoms with van der Waals surface area (Å²) in [6.07, 6.45) is 11.7. The minimum atomic E-state index is -0.0824. The van der Waals surface area contributed by atoms with Gasteiger partial charge in [0.15, 0.2) is 11.5 Å². The molecule has 0 amide bonds. The number of anilines is 2. The first-order valence-corrected chi connectivity index (χ1v) is 11.7. The number of rotatable bonds is 8. The van der Waals surface area contributed by atoms with Gasteiger partial charge in [0.05, 0.1) is 13.2 Å². The van der Waals surface area contributed by atoms with Gasteiger partial charge in [-0.2, -0.15) is 0 Å². The molecule has 2 N–H and O–H groups in total. The van der Waals surface area contributed by atoms with Gasteiger partial charge in [-0.25, -0.2) is 4.98 Å². The summed E-state index contributed by atoms with van der Waals surface area (Å²) in [4.78, 5) is 16.8. The normalized spacial score (nSPS) is 18.0. The molecule has 1 fully saturated rings. The Morgan fingerprint density at radius 2 is 2.06 bits per heavy atom. The van der Waals surface area contributed by atoms with E-state index in [9.17, 15) is 4.79 Å². The number of aliphatic hydroxyl groups excluding tert-OH is 1. The van der Waals surface area contributed by atoms with Crippen molar-refractivity contribution in [3.63, 3.8) is 0 Å². The number of methoxy groups -OCH3 is 1. The summed E-state index contributed by atoms with van der Waals surface area (Å²) in [6.45, 7) is -0.0824. The minimum Gasteiger partial charge on any atom is -0.493 e.